The molecule has 0 aromatic carbocycles. The van der Waals surface area contributed by atoms with Crippen LogP contribution in [0.25, 0.3) is 6.08 Å². The molecule has 0 amide bonds. The molecule has 0 saturated carbocycles. The zero-order valence-corrected chi connectivity index (χ0v) is 15.3. The van der Waals surface area contributed by atoms with E-state index in [-0.39, 0.29) is 6.10 Å². The van der Waals surface area contributed by atoms with Gasteiger partial charge in [0.2, 0.25) is 0 Å². The van der Waals surface area contributed by atoms with Gasteiger partial charge < -0.3 is 9.47 Å². The molecule has 1 aliphatic carbocycles. The van der Waals surface area contributed by atoms with Crippen LogP contribution in [0.5, 0.6) is 0 Å². The van der Waals surface area contributed by atoms with Gasteiger partial charge in [-0.25, -0.2) is 0 Å². The van der Waals surface area contributed by atoms with Crippen molar-refractivity contribution in [3.63, 3.8) is 0 Å². The number of hydrogen-bond donors (Lipinski definition) is 0. The molecule has 1 heterocycles. The van der Waals surface area contributed by atoms with Gasteiger partial charge in [-0.2, -0.15) is 0 Å². The first-order valence-corrected chi connectivity index (χ1v) is 8.74. The molecule has 132 valence electrons. The molecule has 1 aromatic heterocycles. The zero-order valence-electron chi connectivity index (χ0n) is 14.5. The van der Waals surface area contributed by atoms with Gasteiger partial charge in [-0.05, 0) is 37.1 Å². The average Bonchev–Trinajstić information content (AvgIpc) is 2.63. The summed E-state index contributed by atoms with van der Waals surface area (Å²) in [6.45, 7) is 6.60. The van der Waals surface area contributed by atoms with Crippen molar-refractivity contribution in [1.29, 1.82) is 0 Å². The average molecular weight is 358 g/mol. The van der Waals surface area contributed by atoms with E-state index in [9.17, 15) is 0 Å². The summed E-state index contributed by atoms with van der Waals surface area (Å²) >= 11 is 5.80. The van der Waals surface area contributed by atoms with Crippen molar-refractivity contribution in [3.8, 4) is 0 Å². The molecule has 1 unspecified atom stereocenters. The first-order chi connectivity index (χ1) is 12.2. The van der Waals surface area contributed by atoms with Crippen molar-refractivity contribution in [1.82, 2.24) is 4.98 Å². The topological polar surface area (TPSA) is 31.4 Å². The number of halogens is 1. The Morgan fingerprint density at radius 1 is 1.44 bits per heavy atom. The molecule has 25 heavy (non-hydrogen) atoms. The van der Waals surface area contributed by atoms with E-state index in [2.05, 4.69) is 17.6 Å². The minimum Gasteiger partial charge on any atom is -0.494 e. The van der Waals surface area contributed by atoms with Crippen molar-refractivity contribution in [2.45, 2.75) is 32.5 Å². The molecule has 0 N–H and O–H groups in total. The first-order valence-electron chi connectivity index (χ1n) is 8.36. The predicted octanol–water partition coefficient (Wildman–Crippen LogP) is 5.56. The van der Waals surface area contributed by atoms with Crippen LogP contribution < -0.4 is 0 Å². The van der Waals surface area contributed by atoms with Crippen LogP contribution >= 0.6 is 11.6 Å². The van der Waals surface area contributed by atoms with E-state index in [0.29, 0.717) is 13.2 Å². The predicted molar refractivity (Wildman–Crippen MR) is 104 cm³/mol. The SMILES string of the molecule is C=C/C=C\c1ccc(COC2C=C(OCC/C=C(\C)Cl)C=CC2)nc1. The minimum absolute atomic E-state index is 0.00689. The van der Waals surface area contributed by atoms with Gasteiger partial charge in [0.15, 0.2) is 0 Å². The molecule has 0 fully saturated rings. The molecule has 0 spiro atoms. The van der Waals surface area contributed by atoms with Crippen LogP contribution in [0.3, 0.4) is 0 Å². The van der Waals surface area contributed by atoms with Crippen molar-refractivity contribution in [2.75, 3.05) is 6.61 Å². The minimum atomic E-state index is 0.00689. The molecule has 3 nitrogen and oxygen atoms in total. The number of hydrogen-bond acceptors (Lipinski definition) is 3. The Balaban J connectivity index is 1.80. The highest BCUT2D eigenvalue weighted by Gasteiger charge is 2.11. The van der Waals surface area contributed by atoms with Crippen molar-refractivity contribution >= 4 is 17.7 Å². The highest BCUT2D eigenvalue weighted by Crippen LogP contribution is 2.16. The maximum atomic E-state index is 5.93. The summed E-state index contributed by atoms with van der Waals surface area (Å²) in [5.41, 5.74) is 1.95. The van der Waals surface area contributed by atoms with Gasteiger partial charge in [-0.15, -0.1) is 0 Å². The summed E-state index contributed by atoms with van der Waals surface area (Å²) in [7, 11) is 0. The Bertz CT molecular complexity index is 668. The Hall–Kier alpha value is -2.10. The zero-order chi connectivity index (χ0) is 17.9. The number of ether oxygens (including phenoxy) is 2. The molecule has 0 aliphatic heterocycles. The highest BCUT2D eigenvalue weighted by molar-refractivity contribution is 6.29. The molecular weight excluding hydrogens is 334 g/mol. The molecule has 0 saturated heterocycles. The fraction of sp³-hybridized carbons (Fsp3) is 0.286. The fourth-order valence-corrected chi connectivity index (χ4v) is 2.37. The normalized spacial score (nSPS) is 17.6. The van der Waals surface area contributed by atoms with E-state index in [0.717, 1.165) is 34.9 Å². The van der Waals surface area contributed by atoms with Gasteiger partial charge in [0.1, 0.15) is 5.76 Å². The maximum absolute atomic E-state index is 5.93. The number of nitrogens with zero attached hydrogens (tertiary/aromatic N) is 1. The maximum Gasteiger partial charge on any atom is 0.117 e. The van der Waals surface area contributed by atoms with Gasteiger partial charge in [-0.1, -0.05) is 54.6 Å². The van der Waals surface area contributed by atoms with Crippen LogP contribution in [-0.2, 0) is 16.1 Å². The van der Waals surface area contributed by atoms with E-state index in [1.54, 1.807) is 6.08 Å². The summed E-state index contributed by atoms with van der Waals surface area (Å²) in [5.74, 6) is 0.842. The summed E-state index contributed by atoms with van der Waals surface area (Å²) in [4.78, 5) is 4.41. The summed E-state index contributed by atoms with van der Waals surface area (Å²) in [6.07, 6.45) is 17.1. The molecule has 0 bridgehead atoms. The van der Waals surface area contributed by atoms with Gasteiger partial charge in [0, 0.05) is 17.6 Å². The molecule has 1 aliphatic rings. The third kappa shape index (κ3) is 7.55. The van der Waals surface area contributed by atoms with Gasteiger partial charge in [0.05, 0.1) is 25.0 Å². The third-order valence-corrected chi connectivity index (χ3v) is 3.68. The van der Waals surface area contributed by atoms with E-state index in [1.807, 2.05) is 55.6 Å². The van der Waals surface area contributed by atoms with Crippen LogP contribution in [0.2, 0.25) is 0 Å². The van der Waals surface area contributed by atoms with Crippen molar-refractivity contribution in [2.24, 2.45) is 0 Å². The Morgan fingerprint density at radius 2 is 2.32 bits per heavy atom. The third-order valence-electron chi connectivity index (χ3n) is 3.53. The number of pyridine rings is 1. The van der Waals surface area contributed by atoms with E-state index in [4.69, 9.17) is 21.1 Å². The fourth-order valence-electron chi connectivity index (χ4n) is 2.26. The van der Waals surface area contributed by atoms with E-state index >= 15 is 0 Å². The Kier molecular flexibility index (Phi) is 8.23. The second kappa shape index (κ2) is 10.7. The summed E-state index contributed by atoms with van der Waals surface area (Å²) in [6, 6.07) is 3.99. The van der Waals surface area contributed by atoms with Crippen LogP contribution in [0.1, 0.15) is 31.0 Å². The lowest BCUT2D eigenvalue weighted by molar-refractivity contribution is 0.0667. The van der Waals surface area contributed by atoms with E-state index < -0.39 is 0 Å². The summed E-state index contributed by atoms with van der Waals surface area (Å²) < 4.78 is 11.7. The highest BCUT2D eigenvalue weighted by atomic mass is 35.5. The van der Waals surface area contributed by atoms with Crippen LogP contribution in [0.4, 0.5) is 0 Å². The molecule has 0 radical (unpaired) electrons. The van der Waals surface area contributed by atoms with Crippen LogP contribution in [0.15, 0.2) is 72.2 Å². The van der Waals surface area contributed by atoms with Crippen LogP contribution in [-0.4, -0.2) is 17.7 Å². The van der Waals surface area contributed by atoms with Crippen molar-refractivity contribution in [3.05, 3.63) is 83.4 Å². The lowest BCUT2D eigenvalue weighted by Gasteiger charge is -2.17. The quantitative estimate of drug-likeness (QED) is 0.428. The lowest BCUT2D eigenvalue weighted by atomic mass is 10.1. The molecule has 1 atom stereocenters. The van der Waals surface area contributed by atoms with Crippen molar-refractivity contribution < 1.29 is 9.47 Å². The monoisotopic (exact) mass is 357 g/mol. The second-order valence-corrected chi connectivity index (χ2v) is 6.26. The second-order valence-electron chi connectivity index (χ2n) is 5.66. The largest absolute Gasteiger partial charge is 0.494 e. The van der Waals surface area contributed by atoms with E-state index in [1.165, 1.54) is 0 Å². The Labute approximate surface area is 155 Å². The standard InChI is InChI=1S/C21H24ClNO2/c1-3-4-8-18-11-12-19(23-15-18)16-25-21-10-5-9-20(14-21)24-13-6-7-17(2)22/h3-5,7-9,11-12,14-15,21H,1,6,10,13,16H2,2H3/b8-4-,17-7+. The lowest BCUT2D eigenvalue weighted by Crippen LogP contribution is -2.13. The first kappa shape index (κ1) is 19.2. The Morgan fingerprint density at radius 3 is 3.04 bits per heavy atom. The smallest absolute Gasteiger partial charge is 0.117 e. The number of allylic oxidation sites excluding steroid dienone is 4. The number of rotatable bonds is 9. The molecule has 1 aromatic rings. The molecular formula is C21H24ClNO2. The van der Waals surface area contributed by atoms with Gasteiger partial charge in [-0.3, -0.25) is 4.98 Å². The summed E-state index contributed by atoms with van der Waals surface area (Å²) in [5, 5.41) is 0.788. The molecule has 4 heteroatoms. The van der Waals surface area contributed by atoms with Gasteiger partial charge >= 0.3 is 0 Å². The molecule has 2 rings (SSSR count). The van der Waals surface area contributed by atoms with Crippen LogP contribution in [0, 0.1) is 0 Å². The number of aromatic nitrogens is 1. The van der Waals surface area contributed by atoms with Gasteiger partial charge in [0.25, 0.3) is 0 Å².